The van der Waals surface area contributed by atoms with Crippen LogP contribution in [-0.2, 0) is 4.79 Å². The number of aliphatic carboxylic acids is 1. The van der Waals surface area contributed by atoms with E-state index in [-0.39, 0.29) is 0 Å². The molecule has 0 amide bonds. The van der Waals surface area contributed by atoms with Crippen LogP contribution in [0.5, 0.6) is 0 Å². The van der Waals surface area contributed by atoms with E-state index in [0.29, 0.717) is 19.0 Å². The number of benzene rings is 1. The fraction of sp³-hybridized carbons (Fsp3) is 0.500. The second-order valence-electron chi connectivity index (χ2n) is 5.31. The highest BCUT2D eigenvalue weighted by Gasteiger charge is 2.45. The van der Waals surface area contributed by atoms with Crippen LogP contribution in [0.4, 0.5) is 5.69 Å². The molecule has 0 radical (unpaired) electrons. The van der Waals surface area contributed by atoms with Gasteiger partial charge in [0.2, 0.25) is 0 Å². The van der Waals surface area contributed by atoms with Gasteiger partial charge in [0.25, 0.3) is 0 Å². The Hall–Kier alpha value is -1.07. The number of para-hydroxylation sites is 1. The van der Waals surface area contributed by atoms with Gasteiger partial charge in [0.05, 0.1) is 0 Å². The van der Waals surface area contributed by atoms with Gasteiger partial charge in [-0.2, -0.15) is 0 Å². The number of carboxylic acids is 1. The van der Waals surface area contributed by atoms with Gasteiger partial charge in [-0.25, -0.2) is 4.79 Å². The number of nitrogens with zero attached hydrogens (tertiary/aromatic N) is 1. The lowest BCUT2D eigenvalue weighted by Crippen LogP contribution is -2.49. The van der Waals surface area contributed by atoms with E-state index in [4.69, 9.17) is 0 Å². The number of rotatable bonds is 4. The molecule has 1 atom stereocenters. The molecule has 1 unspecified atom stereocenters. The van der Waals surface area contributed by atoms with E-state index in [1.807, 2.05) is 24.3 Å². The predicted molar refractivity (Wildman–Crippen MR) is 79.5 cm³/mol. The Morgan fingerprint density at radius 2 is 2.16 bits per heavy atom. The molecule has 0 spiro atoms. The summed E-state index contributed by atoms with van der Waals surface area (Å²) in [6.45, 7) is 5.52. The van der Waals surface area contributed by atoms with Crippen molar-refractivity contribution in [2.75, 3.05) is 18.4 Å². The Bertz CT molecular complexity index is 478. The van der Waals surface area contributed by atoms with E-state index in [0.717, 1.165) is 16.7 Å². The molecule has 2 N–H and O–H groups in total. The Kier molecular flexibility index (Phi) is 4.16. The number of anilines is 1. The molecule has 1 aliphatic heterocycles. The molecule has 1 fully saturated rings. The van der Waals surface area contributed by atoms with Gasteiger partial charge in [0.1, 0.15) is 5.54 Å². The third-order valence-electron chi connectivity index (χ3n) is 3.69. The largest absolute Gasteiger partial charge is 0.479 e. The summed E-state index contributed by atoms with van der Waals surface area (Å²) in [5.41, 5.74) is -0.0655. The van der Waals surface area contributed by atoms with Crippen LogP contribution in [0.1, 0.15) is 20.3 Å². The predicted octanol–water partition coefficient (Wildman–Crippen LogP) is 2.80. The molecule has 0 aliphatic carbocycles. The number of carboxylic acid groups (broad SMARTS) is 1. The number of halogens is 1. The molecule has 0 saturated carbocycles. The maximum atomic E-state index is 11.7. The third-order valence-corrected chi connectivity index (χ3v) is 4.38. The van der Waals surface area contributed by atoms with Gasteiger partial charge in [-0.1, -0.05) is 12.1 Å². The SMILES string of the molecule is CC(C)N1CCC(Nc2ccccc2Br)(C(=O)O)C1. The van der Waals surface area contributed by atoms with Gasteiger partial charge in [0.15, 0.2) is 0 Å². The van der Waals surface area contributed by atoms with Crippen molar-refractivity contribution in [3.05, 3.63) is 28.7 Å². The zero-order valence-electron chi connectivity index (χ0n) is 11.2. The number of hydrogen-bond acceptors (Lipinski definition) is 3. The van der Waals surface area contributed by atoms with Crippen LogP contribution in [0.25, 0.3) is 0 Å². The molecule has 104 valence electrons. The molecule has 1 aliphatic rings. The lowest BCUT2D eigenvalue weighted by molar-refractivity contribution is -0.141. The van der Waals surface area contributed by atoms with E-state index >= 15 is 0 Å². The third kappa shape index (κ3) is 2.92. The molecule has 1 saturated heterocycles. The maximum Gasteiger partial charge on any atom is 0.330 e. The molecule has 0 aromatic heterocycles. The van der Waals surface area contributed by atoms with Crippen molar-refractivity contribution in [3.63, 3.8) is 0 Å². The highest BCUT2D eigenvalue weighted by molar-refractivity contribution is 9.10. The number of hydrogen-bond donors (Lipinski definition) is 2. The Balaban J connectivity index is 2.23. The smallest absolute Gasteiger partial charge is 0.330 e. The molecule has 19 heavy (non-hydrogen) atoms. The summed E-state index contributed by atoms with van der Waals surface area (Å²) in [6.07, 6.45) is 0.613. The van der Waals surface area contributed by atoms with Gasteiger partial charge in [-0.3, -0.25) is 4.90 Å². The highest BCUT2D eigenvalue weighted by Crippen LogP contribution is 2.31. The highest BCUT2D eigenvalue weighted by atomic mass is 79.9. The molecule has 0 bridgehead atoms. The van der Waals surface area contributed by atoms with E-state index in [2.05, 4.69) is 40.0 Å². The van der Waals surface area contributed by atoms with E-state index in [9.17, 15) is 9.90 Å². The zero-order chi connectivity index (χ0) is 14.0. The van der Waals surface area contributed by atoms with Crippen molar-refractivity contribution in [1.29, 1.82) is 0 Å². The fourth-order valence-corrected chi connectivity index (χ4v) is 2.81. The number of nitrogens with one attached hydrogen (secondary N) is 1. The average molecular weight is 327 g/mol. The molecular formula is C14H19BrN2O2. The first kappa shape index (κ1) is 14.3. The quantitative estimate of drug-likeness (QED) is 0.893. The van der Waals surface area contributed by atoms with Crippen LogP contribution in [0.15, 0.2) is 28.7 Å². The Morgan fingerprint density at radius 1 is 1.47 bits per heavy atom. The van der Waals surface area contributed by atoms with Gasteiger partial charge < -0.3 is 10.4 Å². The molecule has 1 heterocycles. The minimum absolute atomic E-state index is 0.363. The number of carbonyl (C=O) groups is 1. The first-order valence-electron chi connectivity index (χ1n) is 6.45. The fourth-order valence-electron chi connectivity index (χ4n) is 2.43. The summed E-state index contributed by atoms with van der Waals surface area (Å²) >= 11 is 3.45. The summed E-state index contributed by atoms with van der Waals surface area (Å²) in [4.78, 5) is 13.9. The zero-order valence-corrected chi connectivity index (χ0v) is 12.8. The molecule has 2 rings (SSSR count). The van der Waals surface area contributed by atoms with Crippen molar-refractivity contribution in [2.45, 2.75) is 31.8 Å². The summed E-state index contributed by atoms with van der Waals surface area (Å²) in [5, 5.41) is 12.8. The van der Waals surface area contributed by atoms with Crippen molar-refractivity contribution >= 4 is 27.6 Å². The molecular weight excluding hydrogens is 308 g/mol. The lowest BCUT2D eigenvalue weighted by atomic mass is 9.98. The topological polar surface area (TPSA) is 52.6 Å². The van der Waals surface area contributed by atoms with E-state index in [1.54, 1.807) is 0 Å². The minimum atomic E-state index is -0.895. The Morgan fingerprint density at radius 3 is 2.68 bits per heavy atom. The standard InChI is InChI=1S/C14H19BrN2O2/c1-10(2)17-8-7-14(9-17,13(18)19)16-12-6-4-3-5-11(12)15/h3-6,10,16H,7-9H2,1-2H3,(H,18,19). The summed E-state index contributed by atoms with van der Waals surface area (Å²) in [6, 6.07) is 7.98. The summed E-state index contributed by atoms with van der Waals surface area (Å²) < 4.78 is 0.888. The Labute approximate surface area is 121 Å². The minimum Gasteiger partial charge on any atom is -0.479 e. The second-order valence-corrected chi connectivity index (χ2v) is 6.16. The maximum absolute atomic E-state index is 11.7. The van der Waals surface area contributed by atoms with Gasteiger partial charge in [0, 0.05) is 29.3 Å². The van der Waals surface area contributed by atoms with E-state index in [1.165, 1.54) is 0 Å². The van der Waals surface area contributed by atoms with Crippen molar-refractivity contribution in [2.24, 2.45) is 0 Å². The molecule has 5 heteroatoms. The first-order valence-corrected chi connectivity index (χ1v) is 7.24. The van der Waals surface area contributed by atoms with Crippen molar-refractivity contribution in [3.8, 4) is 0 Å². The van der Waals surface area contributed by atoms with Crippen LogP contribution in [-0.4, -0.2) is 40.6 Å². The molecule has 1 aromatic rings. The second kappa shape index (κ2) is 5.51. The average Bonchev–Trinajstić information content (AvgIpc) is 2.78. The first-order chi connectivity index (χ1) is 8.94. The van der Waals surface area contributed by atoms with Crippen LogP contribution in [0.3, 0.4) is 0 Å². The lowest BCUT2D eigenvalue weighted by Gasteiger charge is -2.29. The molecule has 4 nitrogen and oxygen atoms in total. The monoisotopic (exact) mass is 326 g/mol. The van der Waals surface area contributed by atoms with Gasteiger partial charge >= 0.3 is 5.97 Å². The van der Waals surface area contributed by atoms with Crippen LogP contribution >= 0.6 is 15.9 Å². The van der Waals surface area contributed by atoms with E-state index < -0.39 is 11.5 Å². The van der Waals surface area contributed by atoms with Crippen LogP contribution in [0.2, 0.25) is 0 Å². The van der Waals surface area contributed by atoms with Gasteiger partial charge in [-0.05, 0) is 48.3 Å². The van der Waals surface area contributed by atoms with Crippen LogP contribution in [0, 0.1) is 0 Å². The normalized spacial score (nSPS) is 23.8. The molecule has 1 aromatic carbocycles. The van der Waals surface area contributed by atoms with Crippen molar-refractivity contribution in [1.82, 2.24) is 4.90 Å². The van der Waals surface area contributed by atoms with Gasteiger partial charge in [-0.15, -0.1) is 0 Å². The summed E-state index contributed by atoms with van der Waals surface area (Å²) in [5.74, 6) is -0.786. The summed E-state index contributed by atoms with van der Waals surface area (Å²) in [7, 11) is 0. The van der Waals surface area contributed by atoms with Crippen molar-refractivity contribution < 1.29 is 9.90 Å². The van der Waals surface area contributed by atoms with Crippen LogP contribution < -0.4 is 5.32 Å². The number of likely N-dealkylation sites (tertiary alicyclic amines) is 1.